The Labute approximate surface area is 161 Å². The number of carbonyl (C=O) groups is 1. The second-order valence-electron chi connectivity index (χ2n) is 7.42. The first-order valence-corrected chi connectivity index (χ1v) is 9.48. The Kier molecular flexibility index (Phi) is 4.08. The maximum absolute atomic E-state index is 14.4. The number of hydrogen-bond acceptors (Lipinski definition) is 5. The van der Waals surface area contributed by atoms with E-state index in [1.807, 2.05) is 13.0 Å². The quantitative estimate of drug-likeness (QED) is 0.697. The van der Waals surface area contributed by atoms with E-state index in [0.717, 1.165) is 29.8 Å². The van der Waals surface area contributed by atoms with Crippen molar-refractivity contribution in [1.82, 2.24) is 24.5 Å². The first kappa shape index (κ1) is 17.2. The third-order valence-corrected chi connectivity index (χ3v) is 5.36. The lowest BCUT2D eigenvalue weighted by Gasteiger charge is -2.33. The van der Waals surface area contributed by atoms with Gasteiger partial charge in [-0.15, -0.1) is 0 Å². The SMILES string of the molecule is Cc1cc(C2CN(C(=O)c3ccc(C4CC4)c(F)c3)CCO2)n2ncnc2n1. The molecule has 1 unspecified atom stereocenters. The molecule has 28 heavy (non-hydrogen) atoms. The first-order valence-electron chi connectivity index (χ1n) is 9.48. The molecular formula is C20H20FN5O2. The monoisotopic (exact) mass is 381 g/mol. The summed E-state index contributed by atoms with van der Waals surface area (Å²) in [6, 6.07) is 6.75. The molecule has 1 aliphatic carbocycles. The molecule has 0 radical (unpaired) electrons. The van der Waals surface area contributed by atoms with Crippen molar-refractivity contribution in [1.29, 1.82) is 0 Å². The van der Waals surface area contributed by atoms with Gasteiger partial charge in [-0.25, -0.2) is 9.37 Å². The summed E-state index contributed by atoms with van der Waals surface area (Å²) in [4.78, 5) is 23.1. The van der Waals surface area contributed by atoms with E-state index in [1.165, 1.54) is 12.4 Å². The van der Waals surface area contributed by atoms with Crippen LogP contribution < -0.4 is 0 Å². The van der Waals surface area contributed by atoms with Crippen molar-refractivity contribution in [3.05, 3.63) is 58.9 Å². The van der Waals surface area contributed by atoms with E-state index in [1.54, 1.807) is 21.5 Å². The van der Waals surface area contributed by atoms with Gasteiger partial charge in [-0.3, -0.25) is 4.79 Å². The minimum atomic E-state index is -0.348. The van der Waals surface area contributed by atoms with E-state index in [2.05, 4.69) is 15.1 Å². The van der Waals surface area contributed by atoms with Gasteiger partial charge in [0.1, 0.15) is 18.2 Å². The molecule has 3 heterocycles. The molecule has 0 N–H and O–H groups in total. The van der Waals surface area contributed by atoms with Crippen molar-refractivity contribution in [3.63, 3.8) is 0 Å². The van der Waals surface area contributed by atoms with Crippen molar-refractivity contribution in [3.8, 4) is 0 Å². The topological polar surface area (TPSA) is 72.6 Å². The lowest BCUT2D eigenvalue weighted by molar-refractivity contribution is -0.0257. The predicted octanol–water partition coefficient (Wildman–Crippen LogP) is 2.66. The maximum atomic E-state index is 14.4. The number of ether oxygens (including phenoxy) is 1. The molecule has 2 aliphatic rings. The van der Waals surface area contributed by atoms with Gasteiger partial charge in [0.2, 0.25) is 0 Å². The average molecular weight is 381 g/mol. The van der Waals surface area contributed by atoms with Crippen molar-refractivity contribution >= 4 is 11.7 Å². The molecule has 0 spiro atoms. The van der Waals surface area contributed by atoms with Gasteiger partial charge in [0.05, 0.1) is 18.8 Å². The number of hydrogen-bond donors (Lipinski definition) is 0. The lowest BCUT2D eigenvalue weighted by atomic mass is 10.1. The van der Waals surface area contributed by atoms with Gasteiger partial charge in [-0.2, -0.15) is 14.6 Å². The van der Waals surface area contributed by atoms with Crippen LogP contribution in [0.2, 0.25) is 0 Å². The number of carbonyl (C=O) groups excluding carboxylic acids is 1. The van der Waals surface area contributed by atoms with Gasteiger partial charge in [0.25, 0.3) is 11.7 Å². The molecule has 7 nitrogen and oxygen atoms in total. The summed E-state index contributed by atoms with van der Waals surface area (Å²) >= 11 is 0. The summed E-state index contributed by atoms with van der Waals surface area (Å²) < 4.78 is 21.9. The number of rotatable bonds is 3. The summed E-state index contributed by atoms with van der Waals surface area (Å²) in [6.07, 6.45) is 3.15. The van der Waals surface area contributed by atoms with Crippen LogP contribution in [-0.4, -0.2) is 50.1 Å². The van der Waals surface area contributed by atoms with Crippen LogP contribution in [0, 0.1) is 12.7 Å². The third-order valence-electron chi connectivity index (χ3n) is 5.36. The van der Waals surface area contributed by atoms with Crippen molar-refractivity contribution in [2.75, 3.05) is 19.7 Å². The molecule has 5 rings (SSSR count). The molecule has 3 aromatic rings. The molecule has 1 aromatic carbocycles. The molecule has 1 saturated heterocycles. The van der Waals surface area contributed by atoms with E-state index in [9.17, 15) is 9.18 Å². The Hall–Kier alpha value is -2.87. The molecule has 2 aromatic heterocycles. The fourth-order valence-corrected chi connectivity index (χ4v) is 3.77. The number of morpholine rings is 1. The van der Waals surface area contributed by atoms with Crippen molar-refractivity contribution < 1.29 is 13.9 Å². The van der Waals surface area contributed by atoms with Gasteiger partial charge in [-0.05, 0) is 49.4 Å². The zero-order chi connectivity index (χ0) is 19.3. The van der Waals surface area contributed by atoms with Gasteiger partial charge in [0.15, 0.2) is 0 Å². The number of benzene rings is 1. The Morgan fingerprint density at radius 2 is 2.14 bits per heavy atom. The average Bonchev–Trinajstić information content (AvgIpc) is 3.44. The lowest BCUT2D eigenvalue weighted by Crippen LogP contribution is -2.42. The highest BCUT2D eigenvalue weighted by atomic mass is 19.1. The molecule has 1 saturated carbocycles. The predicted molar refractivity (Wildman–Crippen MR) is 98.5 cm³/mol. The number of fused-ring (bicyclic) bond motifs is 1. The summed E-state index contributed by atoms with van der Waals surface area (Å²) in [5.41, 5.74) is 2.70. The third kappa shape index (κ3) is 3.03. The summed E-state index contributed by atoms with van der Waals surface area (Å²) in [5.74, 6) is 0.346. The standard InChI is InChI=1S/C20H20FN5O2/c1-12-8-17(26-20(24-12)22-11-23-26)18-10-25(6-7-28-18)19(27)14-4-5-15(13-2-3-13)16(21)9-14/h4-5,8-9,11,13,18H,2-3,6-7,10H2,1H3. The summed E-state index contributed by atoms with van der Waals surface area (Å²) in [6.45, 7) is 3.11. The number of amides is 1. The second kappa shape index (κ2) is 6.63. The zero-order valence-corrected chi connectivity index (χ0v) is 15.5. The smallest absolute Gasteiger partial charge is 0.254 e. The number of aromatic nitrogens is 4. The molecule has 1 aliphatic heterocycles. The second-order valence-corrected chi connectivity index (χ2v) is 7.42. The highest BCUT2D eigenvalue weighted by Gasteiger charge is 2.30. The van der Waals surface area contributed by atoms with Crippen LogP contribution >= 0.6 is 0 Å². The van der Waals surface area contributed by atoms with Crippen LogP contribution in [0.15, 0.2) is 30.6 Å². The number of nitrogens with zero attached hydrogens (tertiary/aromatic N) is 5. The Morgan fingerprint density at radius 3 is 2.93 bits per heavy atom. The van der Waals surface area contributed by atoms with Gasteiger partial charge in [-0.1, -0.05) is 6.07 Å². The van der Waals surface area contributed by atoms with Crippen LogP contribution in [0.4, 0.5) is 4.39 Å². The largest absolute Gasteiger partial charge is 0.368 e. The van der Waals surface area contributed by atoms with E-state index in [0.29, 0.717) is 37.0 Å². The highest BCUT2D eigenvalue weighted by Crippen LogP contribution is 2.41. The maximum Gasteiger partial charge on any atom is 0.254 e. The minimum Gasteiger partial charge on any atom is -0.368 e. The van der Waals surface area contributed by atoms with Crippen LogP contribution in [0.1, 0.15) is 52.2 Å². The Morgan fingerprint density at radius 1 is 1.29 bits per heavy atom. The molecule has 2 fully saturated rings. The van der Waals surface area contributed by atoms with E-state index in [4.69, 9.17) is 4.74 Å². The van der Waals surface area contributed by atoms with E-state index < -0.39 is 0 Å². The molecule has 144 valence electrons. The molecule has 0 bridgehead atoms. The fraction of sp³-hybridized carbons (Fsp3) is 0.400. The first-order chi connectivity index (χ1) is 13.6. The number of halogens is 1. The van der Waals surface area contributed by atoms with Crippen molar-refractivity contribution in [2.24, 2.45) is 0 Å². The van der Waals surface area contributed by atoms with E-state index in [-0.39, 0.29) is 17.8 Å². The van der Waals surface area contributed by atoms with Crippen LogP contribution in [0.25, 0.3) is 5.78 Å². The zero-order valence-electron chi connectivity index (χ0n) is 15.5. The Bertz CT molecular complexity index is 1060. The molecule has 1 atom stereocenters. The highest BCUT2D eigenvalue weighted by molar-refractivity contribution is 5.94. The van der Waals surface area contributed by atoms with Crippen molar-refractivity contribution in [2.45, 2.75) is 31.8 Å². The summed E-state index contributed by atoms with van der Waals surface area (Å²) in [5, 5.41) is 4.22. The van der Waals surface area contributed by atoms with Gasteiger partial charge in [0, 0.05) is 17.8 Å². The van der Waals surface area contributed by atoms with Crippen LogP contribution in [0.5, 0.6) is 0 Å². The van der Waals surface area contributed by atoms with Gasteiger partial charge < -0.3 is 9.64 Å². The minimum absolute atomic E-state index is 0.185. The fourth-order valence-electron chi connectivity index (χ4n) is 3.77. The Balaban J connectivity index is 1.40. The number of aryl methyl sites for hydroxylation is 1. The molecule has 1 amide bonds. The van der Waals surface area contributed by atoms with Crippen LogP contribution in [0.3, 0.4) is 0 Å². The normalized spacial score (nSPS) is 19.9. The van der Waals surface area contributed by atoms with Gasteiger partial charge >= 0.3 is 0 Å². The van der Waals surface area contributed by atoms with Crippen LogP contribution in [-0.2, 0) is 4.74 Å². The molecule has 8 heteroatoms. The molecular weight excluding hydrogens is 361 g/mol. The van der Waals surface area contributed by atoms with E-state index >= 15 is 0 Å². The summed E-state index contributed by atoms with van der Waals surface area (Å²) in [7, 11) is 0.